The number of amides is 4. The molecule has 466 valence electrons. The fourth-order valence-electron chi connectivity index (χ4n) is 11.7. The number of piperazine rings is 1. The first-order chi connectivity index (χ1) is 42.1. The maximum absolute atomic E-state index is 14.1. The zero-order valence-electron chi connectivity index (χ0n) is 50.6. The minimum atomic E-state index is -0.943. The normalized spacial score (nSPS) is 21.6. The molecule has 4 aliphatic heterocycles. The number of thiazole rings is 1. The molecular formula is C65H85N11O10S. The first kappa shape index (κ1) is 63.3. The third kappa shape index (κ3) is 18.2. The number of aliphatic hydroxyl groups excluding tert-OH is 1. The van der Waals surface area contributed by atoms with Gasteiger partial charge in [-0.1, -0.05) is 75.4 Å². The van der Waals surface area contributed by atoms with Crippen LogP contribution in [0.1, 0.15) is 75.3 Å². The van der Waals surface area contributed by atoms with E-state index in [9.17, 15) is 24.3 Å². The van der Waals surface area contributed by atoms with Crippen LogP contribution in [-0.4, -0.2) is 198 Å². The highest BCUT2D eigenvalue weighted by Crippen LogP contribution is 2.31. The molecule has 10 rings (SSSR count). The summed E-state index contributed by atoms with van der Waals surface area (Å²) in [4.78, 5) is 77.0. The van der Waals surface area contributed by atoms with Crippen molar-refractivity contribution in [3.8, 4) is 27.4 Å². The van der Waals surface area contributed by atoms with Crippen molar-refractivity contribution in [1.82, 2.24) is 50.5 Å². The van der Waals surface area contributed by atoms with Gasteiger partial charge in [-0.05, 0) is 85.0 Å². The smallest absolute Gasteiger partial charge is 0.246 e. The molecule has 3 atom stereocenters. The molecule has 5 N–H and O–H groups in total. The molecule has 4 fully saturated rings. The number of anilines is 2. The summed E-state index contributed by atoms with van der Waals surface area (Å²) in [6.45, 7) is 17.1. The molecule has 3 saturated heterocycles. The summed E-state index contributed by atoms with van der Waals surface area (Å²) in [6.07, 6.45) is 8.66. The van der Waals surface area contributed by atoms with E-state index in [0.717, 1.165) is 127 Å². The van der Waals surface area contributed by atoms with Crippen LogP contribution in [0.4, 0.5) is 11.6 Å². The molecule has 0 unspecified atom stereocenters. The van der Waals surface area contributed by atoms with E-state index >= 15 is 0 Å². The number of ether oxygens (including phenoxy) is 5. The van der Waals surface area contributed by atoms with Gasteiger partial charge in [0.05, 0.1) is 79.7 Å². The van der Waals surface area contributed by atoms with Crippen LogP contribution in [0.15, 0.2) is 96.7 Å². The molecule has 1 aliphatic carbocycles. The van der Waals surface area contributed by atoms with Gasteiger partial charge in [-0.2, -0.15) is 0 Å². The molecule has 2 aromatic heterocycles. The number of rotatable bonds is 20. The van der Waals surface area contributed by atoms with Gasteiger partial charge >= 0.3 is 0 Å². The van der Waals surface area contributed by atoms with Crippen LogP contribution in [0.25, 0.3) is 21.7 Å². The number of piperidine rings is 1. The largest absolute Gasteiger partial charge is 0.492 e. The standard InChI is InChI=1S/C65H85N11O10S/c1-44-60(87-43-68-44)47-12-10-45(11-13-47)37-67-62(80)56-36-52(77)38-76(56)63(81)61(65(2,3)4)72-59(79)42-84-30-26-73-20-17-53(18-21-73)86-54-34-51(35-54)69-58(78)39-75-24-22-74(23-25-75)27-31-85-57-15-14-50-33-49(57)41-83-29-6-5-28-82-40-46-8-7-9-48(32-46)55-16-19-66-64(70-50)71-55/h5-16,19,32-33,43,51-54,56,61,77H,17-18,20-31,34-42H2,1-4H3,(H,67,80)(H,69,78)(H,72,79)(H,66,70,71)/b6-5+/t51?,52-,54?,56+,61-/m1/s1. The number of likely N-dealkylation sites (tertiary alicyclic amines) is 2. The van der Waals surface area contributed by atoms with E-state index in [1.54, 1.807) is 17.5 Å². The predicted octanol–water partition coefficient (Wildman–Crippen LogP) is 5.87. The van der Waals surface area contributed by atoms with Crippen LogP contribution < -0.4 is 26.0 Å². The van der Waals surface area contributed by atoms with Gasteiger partial charge < -0.3 is 59.9 Å². The lowest BCUT2D eigenvalue weighted by atomic mass is 9.85. The van der Waals surface area contributed by atoms with E-state index in [-0.39, 0.29) is 56.2 Å². The number of aromatic nitrogens is 3. The summed E-state index contributed by atoms with van der Waals surface area (Å²) < 4.78 is 30.6. The van der Waals surface area contributed by atoms with Gasteiger partial charge in [-0.15, -0.1) is 11.3 Å². The Morgan fingerprint density at radius 2 is 1.56 bits per heavy atom. The van der Waals surface area contributed by atoms with Crippen molar-refractivity contribution in [3.63, 3.8) is 0 Å². The third-order valence-electron chi connectivity index (χ3n) is 16.7. The SMILES string of the molecule is Cc1ncsc1-c1ccc(CNC(=O)[C@@H]2C[C@@H](O)CN2C(=O)[C@@H](NC(=O)COCCN2CCC(OC3CC(NC(=O)CN4CCN(CCOc5ccc6cc5COC/C=C/COCc5cccc(c5)-c5ccnc(n5)N6)CC4)C3)CC2)C(C)(C)C)cc1. The number of nitrogens with zero attached hydrogens (tertiary/aromatic N) is 7. The Bertz CT molecular complexity index is 3120. The summed E-state index contributed by atoms with van der Waals surface area (Å²) >= 11 is 1.58. The van der Waals surface area contributed by atoms with E-state index in [0.29, 0.717) is 58.7 Å². The van der Waals surface area contributed by atoms with Crippen LogP contribution in [0, 0.1) is 12.3 Å². The molecule has 6 heterocycles. The molecule has 5 aliphatic rings. The highest BCUT2D eigenvalue weighted by Gasteiger charge is 2.44. The van der Waals surface area contributed by atoms with Crippen LogP contribution in [0.5, 0.6) is 5.75 Å². The van der Waals surface area contributed by atoms with Crippen molar-refractivity contribution < 1.29 is 48.0 Å². The third-order valence-corrected chi connectivity index (χ3v) is 17.7. The fraction of sp³-hybridized carbons (Fsp3) is 0.523. The number of carbonyl (C=O) groups is 4. The Hall–Kier alpha value is -6.73. The highest BCUT2D eigenvalue weighted by atomic mass is 32.1. The monoisotopic (exact) mass is 1210 g/mol. The van der Waals surface area contributed by atoms with Gasteiger partial charge in [0.1, 0.15) is 31.0 Å². The zero-order chi connectivity index (χ0) is 60.7. The van der Waals surface area contributed by atoms with E-state index < -0.39 is 35.4 Å². The Balaban J connectivity index is 0.573. The molecule has 1 saturated carbocycles. The lowest BCUT2D eigenvalue weighted by molar-refractivity contribution is -0.144. The van der Waals surface area contributed by atoms with Crippen molar-refractivity contribution >= 4 is 46.6 Å². The second-order valence-corrected chi connectivity index (χ2v) is 25.3. The van der Waals surface area contributed by atoms with Gasteiger partial charge in [0.2, 0.25) is 29.6 Å². The summed E-state index contributed by atoms with van der Waals surface area (Å²) in [5.41, 5.74) is 8.69. The van der Waals surface area contributed by atoms with E-state index in [1.165, 1.54) is 4.90 Å². The maximum Gasteiger partial charge on any atom is 0.246 e. The van der Waals surface area contributed by atoms with E-state index in [4.69, 9.17) is 28.7 Å². The summed E-state index contributed by atoms with van der Waals surface area (Å²) in [5.74, 6) is 0.117. The van der Waals surface area contributed by atoms with Crippen LogP contribution in [0.2, 0.25) is 0 Å². The van der Waals surface area contributed by atoms with E-state index in [2.05, 4.69) is 52.0 Å². The lowest BCUT2D eigenvalue weighted by Gasteiger charge is -2.40. The Kier molecular flexibility index (Phi) is 22.2. The second kappa shape index (κ2) is 30.5. The molecular weight excluding hydrogens is 1130 g/mol. The minimum Gasteiger partial charge on any atom is -0.492 e. The average Bonchev–Trinajstić information content (AvgIpc) is 3.43. The van der Waals surface area contributed by atoms with Crippen LogP contribution in [0.3, 0.4) is 0 Å². The van der Waals surface area contributed by atoms with Gasteiger partial charge in [-0.3, -0.25) is 29.0 Å². The lowest BCUT2D eigenvalue weighted by Crippen LogP contribution is -2.58. The first-order valence-electron chi connectivity index (χ1n) is 30.7. The Labute approximate surface area is 514 Å². The molecule has 5 aromatic rings. The van der Waals surface area contributed by atoms with Crippen molar-refractivity contribution in [2.24, 2.45) is 5.41 Å². The van der Waals surface area contributed by atoms with Gasteiger partial charge in [0, 0.05) is 101 Å². The fourth-order valence-corrected chi connectivity index (χ4v) is 12.5. The number of β-amino-alcohol motifs (C(OH)–C–C–N with tert-alkyl or cyclic N) is 1. The average molecular weight is 1210 g/mol. The number of hydrogen-bond donors (Lipinski definition) is 5. The number of hydrogen-bond acceptors (Lipinski definition) is 18. The molecule has 22 heteroatoms. The summed E-state index contributed by atoms with van der Waals surface area (Å²) in [7, 11) is 0. The number of aryl methyl sites for hydroxylation is 1. The van der Waals surface area contributed by atoms with Gasteiger partial charge in [0.15, 0.2) is 0 Å². The van der Waals surface area contributed by atoms with Crippen molar-refractivity contribution in [2.45, 2.75) is 116 Å². The quantitative estimate of drug-likeness (QED) is 0.0453. The van der Waals surface area contributed by atoms with Crippen LogP contribution >= 0.6 is 11.3 Å². The molecule has 6 bridgehead atoms. The van der Waals surface area contributed by atoms with Gasteiger partial charge in [0.25, 0.3) is 0 Å². The van der Waals surface area contributed by atoms with Crippen molar-refractivity contribution in [1.29, 1.82) is 0 Å². The van der Waals surface area contributed by atoms with Crippen molar-refractivity contribution in [3.05, 3.63) is 119 Å². The number of fused-ring (bicyclic) bond motifs is 7. The Morgan fingerprint density at radius 1 is 0.816 bits per heavy atom. The number of aliphatic hydroxyl groups is 1. The zero-order valence-corrected chi connectivity index (χ0v) is 51.4. The molecule has 3 aromatic carbocycles. The molecule has 21 nitrogen and oxygen atoms in total. The number of carbonyl (C=O) groups excluding carboxylic acids is 4. The first-order valence-corrected chi connectivity index (χ1v) is 31.5. The summed E-state index contributed by atoms with van der Waals surface area (Å²) in [5, 5.41) is 23.1. The number of benzene rings is 3. The second-order valence-electron chi connectivity index (χ2n) is 24.4. The summed E-state index contributed by atoms with van der Waals surface area (Å²) in [6, 6.07) is 22.3. The maximum atomic E-state index is 14.1. The van der Waals surface area contributed by atoms with Crippen LogP contribution in [-0.2, 0) is 57.9 Å². The molecule has 87 heavy (non-hydrogen) atoms. The van der Waals surface area contributed by atoms with Gasteiger partial charge in [-0.25, -0.2) is 15.0 Å². The highest BCUT2D eigenvalue weighted by molar-refractivity contribution is 7.13. The minimum absolute atomic E-state index is 0.00296. The topological polar surface area (TPSA) is 234 Å². The number of nitrogens with one attached hydrogen (secondary N) is 4. The molecule has 0 radical (unpaired) electrons. The van der Waals surface area contributed by atoms with E-state index in [1.807, 2.05) is 112 Å². The van der Waals surface area contributed by atoms with Crippen molar-refractivity contribution in [2.75, 3.05) is 104 Å². The molecule has 0 spiro atoms. The molecule has 4 amide bonds. The predicted molar refractivity (Wildman–Crippen MR) is 332 cm³/mol. The Morgan fingerprint density at radius 3 is 2.32 bits per heavy atom.